The van der Waals surface area contributed by atoms with Gasteiger partial charge in [0.15, 0.2) is 6.04 Å². The van der Waals surface area contributed by atoms with E-state index in [1.54, 1.807) is 0 Å². The molecule has 0 saturated carbocycles. The number of carbonyl (C=O) groups is 1. The normalized spacial score (nSPS) is 16.9. The van der Waals surface area contributed by atoms with Crippen LogP contribution in [-0.4, -0.2) is 81.3 Å². The maximum Gasteiger partial charge on any atom is 0.296 e. The zero-order valence-corrected chi connectivity index (χ0v) is 21.3. The van der Waals surface area contributed by atoms with E-state index in [4.69, 9.17) is 11.6 Å². The number of carbonyl (C=O) groups excluding carboxylic acids is 1. The van der Waals surface area contributed by atoms with Gasteiger partial charge in [-0.3, -0.25) is 13.9 Å². The quantitative estimate of drug-likeness (QED) is 0.343. The molecule has 1 amide bonds. The molecule has 2 N–H and O–H groups in total. The maximum absolute atomic E-state index is 12.8. The number of rotatable bonds is 5. The Labute approximate surface area is 218 Å². The molecule has 0 saturated heterocycles. The molecule has 166 valence electrons. The number of amides is 1. The van der Waals surface area contributed by atoms with Crippen molar-refractivity contribution in [3.63, 3.8) is 0 Å². The number of nitrogens with zero attached hydrogens (tertiary/aromatic N) is 4. The molecule has 3 rings (SSSR count). The van der Waals surface area contributed by atoms with E-state index in [1.165, 1.54) is 32.0 Å². The van der Waals surface area contributed by atoms with Crippen LogP contribution in [-0.2, 0) is 25.0 Å². The van der Waals surface area contributed by atoms with E-state index in [2.05, 4.69) is 15.3 Å². The van der Waals surface area contributed by atoms with Gasteiger partial charge in [-0.05, 0) is 49.7 Å². The molecule has 1 heterocycles. The second-order valence-corrected chi connectivity index (χ2v) is 9.74. The first-order valence-electron chi connectivity index (χ1n) is 8.44. The topological polar surface area (TPSA) is 166 Å². The molecule has 2 radical (unpaired) electrons. The van der Waals surface area contributed by atoms with E-state index < -0.39 is 42.0 Å². The third-order valence-electron chi connectivity index (χ3n) is 4.26. The van der Waals surface area contributed by atoms with Gasteiger partial charge in [0.2, 0.25) is 0 Å². The van der Waals surface area contributed by atoms with Crippen molar-refractivity contribution in [3.05, 3.63) is 47.0 Å². The Morgan fingerprint density at radius 2 is 1.72 bits per heavy atom. The summed E-state index contributed by atoms with van der Waals surface area (Å²) in [5.74, 6) is -0.694. The predicted octanol–water partition coefficient (Wildman–Crippen LogP) is 2.64. The molecule has 1 atom stereocenters. The SMILES string of the molecule is CC1=NN(c2cccc(S(=O)(=O)O)c2)C(=O)C1N=Nc1cc(Cl)c(C)cc1S(=O)(=O)O.[Ca]. The molecular weight excluding hydrogens is 512 g/mol. The van der Waals surface area contributed by atoms with Gasteiger partial charge in [-0.1, -0.05) is 17.7 Å². The summed E-state index contributed by atoms with van der Waals surface area (Å²) in [4.78, 5) is 11.8. The van der Waals surface area contributed by atoms with Crippen LogP contribution in [0.2, 0.25) is 5.02 Å². The van der Waals surface area contributed by atoms with Gasteiger partial charge in [0.05, 0.1) is 16.3 Å². The van der Waals surface area contributed by atoms with Gasteiger partial charge >= 0.3 is 0 Å². The fraction of sp³-hybridized carbons (Fsp3) is 0.176. The van der Waals surface area contributed by atoms with Crippen LogP contribution < -0.4 is 5.01 Å². The molecular formula is C17H15CaClN4O7S2. The van der Waals surface area contributed by atoms with Gasteiger partial charge in [0.1, 0.15) is 10.6 Å². The molecule has 0 aliphatic carbocycles. The van der Waals surface area contributed by atoms with E-state index in [1.807, 2.05) is 0 Å². The van der Waals surface area contributed by atoms with Crippen LogP contribution >= 0.6 is 11.6 Å². The fourth-order valence-electron chi connectivity index (χ4n) is 2.70. The summed E-state index contributed by atoms with van der Waals surface area (Å²) in [7, 11) is -9.13. The van der Waals surface area contributed by atoms with E-state index in [0.29, 0.717) is 5.56 Å². The number of halogens is 1. The first kappa shape index (κ1) is 26.8. The van der Waals surface area contributed by atoms with Crippen LogP contribution in [0.3, 0.4) is 0 Å². The number of azo groups is 1. The average Bonchev–Trinajstić information content (AvgIpc) is 2.95. The molecule has 15 heteroatoms. The van der Waals surface area contributed by atoms with Crippen LogP contribution in [0, 0.1) is 6.92 Å². The van der Waals surface area contributed by atoms with Crippen LogP contribution in [0.4, 0.5) is 11.4 Å². The maximum atomic E-state index is 12.8. The smallest absolute Gasteiger partial charge is 0.282 e. The second-order valence-electron chi connectivity index (χ2n) is 6.53. The molecule has 11 nitrogen and oxygen atoms in total. The molecule has 2 aromatic carbocycles. The van der Waals surface area contributed by atoms with Gasteiger partial charge in [0.25, 0.3) is 26.1 Å². The van der Waals surface area contributed by atoms with E-state index in [9.17, 15) is 30.7 Å². The molecule has 1 unspecified atom stereocenters. The van der Waals surface area contributed by atoms with Crippen molar-refractivity contribution >= 4 is 92.6 Å². The van der Waals surface area contributed by atoms with E-state index in [0.717, 1.165) is 23.2 Å². The second kappa shape index (κ2) is 9.81. The molecule has 1 aliphatic rings. The summed E-state index contributed by atoms with van der Waals surface area (Å²) in [6, 6.07) is 5.99. The molecule has 0 spiro atoms. The van der Waals surface area contributed by atoms with E-state index in [-0.39, 0.29) is 59.8 Å². The largest absolute Gasteiger partial charge is 0.296 e. The summed E-state index contributed by atoms with van der Waals surface area (Å²) in [6.07, 6.45) is 0. The number of benzene rings is 2. The average molecular weight is 527 g/mol. The minimum atomic E-state index is -4.64. The number of hydrogen-bond donors (Lipinski definition) is 2. The van der Waals surface area contributed by atoms with Crippen molar-refractivity contribution < 1.29 is 30.7 Å². The van der Waals surface area contributed by atoms with Gasteiger partial charge in [-0.15, -0.1) is 0 Å². The summed E-state index contributed by atoms with van der Waals surface area (Å²) in [6.45, 7) is 3.01. The summed E-state index contributed by atoms with van der Waals surface area (Å²) in [5, 5.41) is 12.7. The number of hydrogen-bond acceptors (Lipinski definition) is 8. The number of aryl methyl sites for hydroxylation is 1. The minimum Gasteiger partial charge on any atom is -0.282 e. The Balaban J connectivity index is 0.00000363. The van der Waals surface area contributed by atoms with Crippen molar-refractivity contribution in [2.45, 2.75) is 29.7 Å². The molecule has 2 aromatic rings. The zero-order chi connectivity index (χ0) is 23.1. The van der Waals surface area contributed by atoms with Crippen LogP contribution in [0.25, 0.3) is 0 Å². The molecule has 0 fully saturated rings. The first-order chi connectivity index (χ1) is 14.3. The van der Waals surface area contributed by atoms with E-state index >= 15 is 0 Å². The Morgan fingerprint density at radius 1 is 1.06 bits per heavy atom. The van der Waals surface area contributed by atoms with Crippen molar-refractivity contribution in [1.29, 1.82) is 0 Å². The van der Waals surface area contributed by atoms with Gasteiger partial charge < -0.3 is 0 Å². The number of hydrazone groups is 1. The molecule has 32 heavy (non-hydrogen) atoms. The van der Waals surface area contributed by atoms with Crippen LogP contribution in [0.15, 0.2) is 61.5 Å². The van der Waals surface area contributed by atoms with Crippen molar-refractivity contribution in [2.75, 3.05) is 5.01 Å². The van der Waals surface area contributed by atoms with Gasteiger partial charge in [0, 0.05) is 42.8 Å². The van der Waals surface area contributed by atoms with Crippen molar-refractivity contribution in [3.8, 4) is 0 Å². The van der Waals surface area contributed by atoms with Gasteiger partial charge in [-0.25, -0.2) is 0 Å². The Hall–Kier alpha value is -1.45. The zero-order valence-electron chi connectivity index (χ0n) is 16.7. The van der Waals surface area contributed by atoms with Crippen LogP contribution in [0.1, 0.15) is 12.5 Å². The number of anilines is 1. The fourth-order valence-corrected chi connectivity index (χ4v) is 4.07. The van der Waals surface area contributed by atoms with Crippen LogP contribution in [0.5, 0.6) is 0 Å². The third-order valence-corrected chi connectivity index (χ3v) is 6.39. The standard InChI is InChI=1S/C17H15ClN4O7S2.Ca/c1-9-6-15(31(27,28)29)14(8-13(9)18)19-20-16-10(2)21-22(17(16)23)11-4-3-5-12(7-11)30(24,25)26;/h3-8,16H,1-2H3,(H,24,25,26)(H,27,28,29);. The van der Waals surface area contributed by atoms with Crippen molar-refractivity contribution in [1.82, 2.24) is 0 Å². The Kier molecular flexibility index (Phi) is 8.22. The molecule has 0 bridgehead atoms. The first-order valence-corrected chi connectivity index (χ1v) is 11.7. The third kappa shape index (κ3) is 5.72. The Morgan fingerprint density at radius 3 is 2.31 bits per heavy atom. The van der Waals surface area contributed by atoms with Gasteiger partial charge in [-0.2, -0.15) is 37.2 Å². The molecule has 0 aromatic heterocycles. The minimum absolute atomic E-state index is 0. The Bertz CT molecular complexity index is 1360. The summed E-state index contributed by atoms with van der Waals surface area (Å²) in [5.41, 5.74) is 0.366. The predicted molar refractivity (Wildman–Crippen MR) is 117 cm³/mol. The monoisotopic (exact) mass is 526 g/mol. The molecule has 1 aliphatic heterocycles. The van der Waals surface area contributed by atoms with Crippen molar-refractivity contribution in [2.24, 2.45) is 15.3 Å². The summed E-state index contributed by atoms with van der Waals surface area (Å²) < 4.78 is 64.6. The summed E-state index contributed by atoms with van der Waals surface area (Å²) >= 11 is 6.00.